The summed E-state index contributed by atoms with van der Waals surface area (Å²) in [4.78, 5) is 23.6. The van der Waals surface area contributed by atoms with Crippen LogP contribution in [0.1, 0.15) is 31.2 Å². The van der Waals surface area contributed by atoms with E-state index in [9.17, 15) is 9.59 Å². The molecule has 5 nitrogen and oxygen atoms in total. The van der Waals surface area contributed by atoms with Gasteiger partial charge in [-0.1, -0.05) is 30.3 Å². The highest BCUT2D eigenvalue weighted by Gasteiger charge is 2.29. The Balaban J connectivity index is 1.43. The molecule has 1 fully saturated rings. The maximum Gasteiger partial charge on any atom is 0.407 e. The first kappa shape index (κ1) is 21.0. The second kappa shape index (κ2) is 12.1. The van der Waals surface area contributed by atoms with Gasteiger partial charge in [-0.25, -0.2) is 4.79 Å². The fraction of sp³-hybridized carbons (Fsp3) is 0.579. The second-order valence-electron chi connectivity index (χ2n) is 6.41. The molecular formula is C19H28N2O3S2. The summed E-state index contributed by atoms with van der Waals surface area (Å²) in [6.07, 6.45) is 3.30. The largest absolute Gasteiger partial charge is 0.445 e. The van der Waals surface area contributed by atoms with Gasteiger partial charge in [0.2, 0.25) is 5.91 Å². The maximum atomic E-state index is 12.1. The predicted octanol–water partition coefficient (Wildman–Crippen LogP) is 3.25. The topological polar surface area (TPSA) is 67.4 Å². The Kier molecular flexibility index (Phi) is 9.77. The summed E-state index contributed by atoms with van der Waals surface area (Å²) < 4.78 is 5.15. The standard InChI is InChI=1S/C19H28N2O3S2/c22-18(16-11-17(13-25)26-14-16)20-9-5-2-6-10-21-19(23)24-12-15-7-3-1-4-8-15/h1,3-4,7-8,16-17,25H,2,5-6,9-14H2,(H,20,22)(H,21,23). The lowest BCUT2D eigenvalue weighted by atomic mass is 10.1. The molecule has 144 valence electrons. The molecule has 1 aliphatic heterocycles. The number of thiol groups is 1. The van der Waals surface area contributed by atoms with Gasteiger partial charge in [-0.15, -0.1) is 0 Å². The van der Waals surface area contributed by atoms with Crippen LogP contribution >= 0.6 is 24.4 Å². The van der Waals surface area contributed by atoms with Gasteiger partial charge < -0.3 is 15.4 Å². The van der Waals surface area contributed by atoms with Crippen LogP contribution in [0.5, 0.6) is 0 Å². The lowest BCUT2D eigenvalue weighted by Gasteiger charge is -2.10. The number of unbranched alkanes of at least 4 members (excludes halogenated alkanes) is 2. The number of rotatable bonds is 10. The fourth-order valence-corrected chi connectivity index (χ4v) is 4.49. The van der Waals surface area contributed by atoms with Crippen LogP contribution in [0.2, 0.25) is 0 Å². The predicted molar refractivity (Wildman–Crippen MR) is 110 cm³/mol. The highest BCUT2D eigenvalue weighted by atomic mass is 32.2. The van der Waals surface area contributed by atoms with Crippen LogP contribution in [-0.4, -0.2) is 41.8 Å². The molecule has 0 radical (unpaired) electrons. The van der Waals surface area contributed by atoms with E-state index in [1.54, 1.807) is 0 Å². The van der Waals surface area contributed by atoms with Crippen LogP contribution in [0.25, 0.3) is 0 Å². The Morgan fingerprint density at radius 2 is 1.85 bits per heavy atom. The number of hydrogen-bond acceptors (Lipinski definition) is 5. The first-order valence-corrected chi connectivity index (χ1v) is 10.8. The average molecular weight is 397 g/mol. The van der Waals surface area contributed by atoms with Crippen molar-refractivity contribution in [2.75, 3.05) is 24.6 Å². The number of ether oxygens (including phenoxy) is 1. The zero-order valence-corrected chi connectivity index (χ0v) is 16.7. The van der Waals surface area contributed by atoms with Crippen LogP contribution in [0, 0.1) is 5.92 Å². The van der Waals surface area contributed by atoms with Gasteiger partial charge in [0.25, 0.3) is 0 Å². The molecule has 2 amide bonds. The molecule has 1 saturated heterocycles. The van der Waals surface area contributed by atoms with Crippen molar-refractivity contribution in [1.82, 2.24) is 10.6 Å². The molecule has 2 N–H and O–H groups in total. The summed E-state index contributed by atoms with van der Waals surface area (Å²) in [7, 11) is 0. The van der Waals surface area contributed by atoms with Crippen molar-refractivity contribution in [1.29, 1.82) is 0 Å². The molecule has 7 heteroatoms. The Hall–Kier alpha value is -1.34. The summed E-state index contributed by atoms with van der Waals surface area (Å²) in [5.41, 5.74) is 0.972. The van der Waals surface area contributed by atoms with Crippen LogP contribution in [0.3, 0.4) is 0 Å². The van der Waals surface area contributed by atoms with Crippen molar-refractivity contribution in [3.63, 3.8) is 0 Å². The monoisotopic (exact) mass is 396 g/mol. The smallest absolute Gasteiger partial charge is 0.407 e. The van der Waals surface area contributed by atoms with Crippen molar-refractivity contribution < 1.29 is 14.3 Å². The number of nitrogens with one attached hydrogen (secondary N) is 2. The second-order valence-corrected chi connectivity index (χ2v) is 8.11. The number of thioether (sulfide) groups is 1. The van der Waals surface area contributed by atoms with Gasteiger partial charge in [0.15, 0.2) is 0 Å². The van der Waals surface area contributed by atoms with Crippen molar-refractivity contribution in [2.24, 2.45) is 5.92 Å². The Labute approximate surface area is 165 Å². The third-order valence-corrected chi connectivity index (χ3v) is 6.40. The quantitative estimate of drug-likeness (QED) is 0.419. The fourth-order valence-electron chi connectivity index (χ4n) is 2.76. The minimum atomic E-state index is -0.389. The van der Waals surface area contributed by atoms with Crippen LogP contribution in [0.15, 0.2) is 30.3 Å². The first-order chi connectivity index (χ1) is 12.7. The number of carbonyl (C=O) groups excluding carboxylic acids is 2. The van der Waals surface area contributed by atoms with E-state index in [2.05, 4.69) is 23.3 Å². The summed E-state index contributed by atoms with van der Waals surface area (Å²) in [6, 6.07) is 9.60. The molecule has 1 aromatic carbocycles. The third-order valence-electron chi connectivity index (χ3n) is 4.29. The van der Waals surface area contributed by atoms with E-state index in [0.29, 0.717) is 18.3 Å². The molecule has 0 bridgehead atoms. The average Bonchev–Trinajstić information content (AvgIpc) is 3.15. The summed E-state index contributed by atoms with van der Waals surface area (Å²) >= 11 is 6.14. The van der Waals surface area contributed by atoms with Crippen LogP contribution in [0.4, 0.5) is 4.79 Å². The van der Waals surface area contributed by atoms with Crippen LogP contribution in [-0.2, 0) is 16.1 Å². The molecule has 0 spiro atoms. The zero-order valence-electron chi connectivity index (χ0n) is 15.0. The highest BCUT2D eigenvalue weighted by molar-refractivity contribution is 8.00. The van der Waals surface area contributed by atoms with E-state index in [1.165, 1.54) is 0 Å². The minimum absolute atomic E-state index is 0.137. The van der Waals surface area contributed by atoms with Crippen LogP contribution < -0.4 is 10.6 Å². The SMILES string of the molecule is O=C(NCCCCCNC(=O)C1CSC(CS)C1)OCc1ccccc1. The third kappa shape index (κ3) is 7.91. The zero-order chi connectivity index (χ0) is 18.6. The molecule has 1 aliphatic rings. The number of amides is 2. The van der Waals surface area contributed by atoms with E-state index in [-0.39, 0.29) is 24.5 Å². The Morgan fingerprint density at radius 3 is 2.54 bits per heavy atom. The van der Waals surface area contributed by atoms with Crippen molar-refractivity contribution in [3.05, 3.63) is 35.9 Å². The van der Waals surface area contributed by atoms with Crippen molar-refractivity contribution in [2.45, 2.75) is 37.5 Å². The molecule has 1 heterocycles. The highest BCUT2D eigenvalue weighted by Crippen LogP contribution is 2.31. The maximum absolute atomic E-state index is 12.1. The molecule has 26 heavy (non-hydrogen) atoms. The van der Waals surface area contributed by atoms with E-state index < -0.39 is 0 Å². The van der Waals surface area contributed by atoms with Crippen molar-refractivity contribution in [3.8, 4) is 0 Å². The minimum Gasteiger partial charge on any atom is -0.445 e. The molecule has 2 unspecified atom stereocenters. The van der Waals surface area contributed by atoms with Gasteiger partial charge >= 0.3 is 6.09 Å². The lowest BCUT2D eigenvalue weighted by molar-refractivity contribution is -0.124. The Bertz CT molecular complexity index is 557. The molecule has 0 aromatic heterocycles. The number of benzene rings is 1. The lowest BCUT2D eigenvalue weighted by Crippen LogP contribution is -2.32. The van der Waals surface area contributed by atoms with Gasteiger partial charge in [-0.05, 0) is 31.2 Å². The number of hydrogen-bond donors (Lipinski definition) is 3. The summed E-state index contributed by atoms with van der Waals surface area (Å²) in [5.74, 6) is 2.06. The van der Waals surface area contributed by atoms with Crippen molar-refractivity contribution >= 4 is 36.4 Å². The number of alkyl carbamates (subject to hydrolysis) is 1. The van der Waals surface area contributed by atoms with E-state index >= 15 is 0 Å². The molecule has 1 aromatic rings. The number of carbonyl (C=O) groups is 2. The van der Waals surface area contributed by atoms with E-state index in [1.807, 2.05) is 42.1 Å². The van der Waals surface area contributed by atoms with Gasteiger partial charge in [0.05, 0.1) is 0 Å². The van der Waals surface area contributed by atoms with Gasteiger partial charge in [0.1, 0.15) is 6.61 Å². The van der Waals surface area contributed by atoms with E-state index in [0.717, 1.165) is 42.8 Å². The molecule has 2 atom stereocenters. The molecule has 2 rings (SSSR count). The molecule has 0 saturated carbocycles. The molecular weight excluding hydrogens is 368 g/mol. The normalized spacial score (nSPS) is 19.1. The van der Waals surface area contributed by atoms with E-state index in [4.69, 9.17) is 4.74 Å². The molecule has 0 aliphatic carbocycles. The first-order valence-electron chi connectivity index (χ1n) is 9.13. The Morgan fingerprint density at radius 1 is 1.12 bits per heavy atom. The van der Waals surface area contributed by atoms with Gasteiger partial charge in [-0.3, -0.25) is 4.79 Å². The summed E-state index contributed by atoms with van der Waals surface area (Å²) in [6.45, 7) is 1.57. The van der Waals surface area contributed by atoms with Gasteiger partial charge in [-0.2, -0.15) is 24.4 Å². The summed E-state index contributed by atoms with van der Waals surface area (Å²) in [5, 5.41) is 6.28. The van der Waals surface area contributed by atoms with Gasteiger partial charge in [0, 0.05) is 35.8 Å².